The molecule has 23 valence electrons. The van der Waals surface area contributed by atoms with Crippen LogP contribution < -0.4 is 5.73 Å². The second-order valence-electron chi connectivity index (χ2n) is 0.204. The van der Waals surface area contributed by atoms with E-state index in [2.05, 4.69) is 5.73 Å². The van der Waals surface area contributed by atoms with Gasteiger partial charge in [0, 0.05) is 32.7 Å². The van der Waals surface area contributed by atoms with Crippen molar-refractivity contribution in [2.45, 2.75) is 0 Å². The summed E-state index contributed by atoms with van der Waals surface area (Å²) in [5.74, 6) is 0. The Balaban J connectivity index is 0. The molecule has 0 aromatic heterocycles. The fourth-order valence-corrected chi connectivity index (χ4v) is 0. The Morgan fingerprint density at radius 2 is 1.75 bits per heavy atom. The van der Waals surface area contributed by atoms with Gasteiger partial charge in [-0.15, -0.1) is 6.67 Å². The Morgan fingerprint density at radius 3 is 1.75 bits per heavy atom. The van der Waals surface area contributed by atoms with Crippen LogP contribution in [0.5, 0.6) is 0 Å². The molecule has 0 saturated heterocycles. The molecule has 0 aromatic carbocycles. The third-order valence-corrected chi connectivity index (χ3v) is 0. The molecule has 0 spiro atoms. The van der Waals surface area contributed by atoms with Gasteiger partial charge >= 0.3 is 0 Å². The average molecular weight is 134 g/mol. The van der Waals surface area contributed by atoms with E-state index in [9.17, 15) is 0 Å². The van der Waals surface area contributed by atoms with E-state index in [-0.39, 0.29) is 39.4 Å². The van der Waals surface area contributed by atoms with Gasteiger partial charge in [0.1, 0.15) is 0 Å². The molecule has 0 amide bonds. The number of hydrogen-bond acceptors (Lipinski definition) is 1. The van der Waals surface area contributed by atoms with E-state index in [0.717, 1.165) is 0 Å². The third-order valence-electron chi connectivity index (χ3n) is 0. The second-order valence-corrected chi connectivity index (χ2v) is 0.204. The van der Waals surface area contributed by atoms with Crippen molar-refractivity contribution >= 4 is 0 Å². The average Bonchev–Trinajstić information content (AvgIpc) is 0.918. The van der Waals surface area contributed by atoms with E-state index in [1.54, 1.807) is 0 Å². The molecular weight excluding hydrogens is 129 g/mol. The first-order valence-corrected chi connectivity index (χ1v) is 0.762. The monoisotopic (exact) mass is 134 g/mol. The Hall–Kier alpha value is 1.02. The van der Waals surface area contributed by atoms with Crippen LogP contribution in [0.25, 0.3) is 5.73 Å². The molecule has 0 aliphatic carbocycles. The quantitative estimate of drug-likeness (QED) is 0.496. The molecule has 0 saturated carbocycles. The summed E-state index contributed by atoms with van der Waals surface area (Å²) >= 11 is 0. The fraction of sp³-hybridized carbons (Fsp3) is 1.00. The fourth-order valence-electron chi connectivity index (χ4n) is 0. The van der Waals surface area contributed by atoms with Crippen LogP contribution >= 0.6 is 0 Å². The van der Waals surface area contributed by atoms with Gasteiger partial charge in [-0.1, -0.05) is 0 Å². The first-order valence-electron chi connectivity index (χ1n) is 0.762. The molecule has 0 heterocycles. The topological polar surface area (TPSA) is 49.8 Å². The minimum atomic E-state index is 0. The van der Waals surface area contributed by atoms with Crippen LogP contribution in [0, 0.1) is 0 Å². The van der Waals surface area contributed by atoms with E-state index in [1.165, 1.54) is 0 Å². The first kappa shape index (κ1) is 8.90. The van der Waals surface area contributed by atoms with E-state index in [4.69, 9.17) is 5.73 Å². The first-order chi connectivity index (χ1) is 1.41. The van der Waals surface area contributed by atoms with E-state index < -0.39 is 0 Å². The predicted molar refractivity (Wildman–Crippen MR) is 13.4 cm³/mol. The summed E-state index contributed by atoms with van der Waals surface area (Å²) in [4.78, 5) is 0. The van der Waals surface area contributed by atoms with Gasteiger partial charge in [-0.05, 0) is 0 Å². The van der Waals surface area contributed by atoms with Crippen molar-refractivity contribution in [3.63, 3.8) is 0 Å². The predicted octanol–water partition coefficient (Wildman–Crippen LogP) is -0.0477. The van der Waals surface area contributed by atoms with Gasteiger partial charge in [-0.3, -0.25) is 0 Å². The van der Waals surface area contributed by atoms with Crippen LogP contribution in [0.1, 0.15) is 0 Å². The maximum Gasteiger partial charge on any atom is 0 e. The zero-order valence-electron chi connectivity index (χ0n) is 2.36. The molecule has 0 unspecified atom stereocenters. The van der Waals surface area contributed by atoms with E-state index in [1.807, 2.05) is 0 Å². The number of nitrogens with two attached hydrogens (primary N) is 1. The number of hydrogen-bond donors (Lipinski definition) is 1. The zero-order chi connectivity index (χ0) is 2.71. The number of nitrogens with one attached hydrogen (secondary N) is 1. The molecule has 2 nitrogen and oxygen atoms in total. The molecule has 0 aliphatic rings. The van der Waals surface area contributed by atoms with Crippen LogP contribution in [-0.4, -0.2) is 6.67 Å². The minimum absolute atomic E-state index is 0. The van der Waals surface area contributed by atoms with Crippen molar-refractivity contribution in [3.8, 4) is 0 Å². The van der Waals surface area contributed by atoms with Gasteiger partial charge < -0.3 is 11.5 Å². The van der Waals surface area contributed by atoms with Crippen molar-refractivity contribution in [1.82, 2.24) is 0 Å². The summed E-state index contributed by atoms with van der Waals surface area (Å²) in [5.41, 5.74) is 10.5. The van der Waals surface area contributed by atoms with Crippen molar-refractivity contribution < 1.29 is 32.7 Å². The van der Waals surface area contributed by atoms with Crippen LogP contribution in [0.15, 0.2) is 0 Å². The number of rotatable bonds is 0. The van der Waals surface area contributed by atoms with Crippen molar-refractivity contribution in [2.75, 3.05) is 6.67 Å². The van der Waals surface area contributed by atoms with Crippen molar-refractivity contribution in [3.05, 3.63) is 5.73 Å². The molecule has 0 aromatic rings. The van der Waals surface area contributed by atoms with Gasteiger partial charge in [0.2, 0.25) is 0 Å². The molecular formula is CH5N2Y-. The maximum atomic E-state index is 5.99. The van der Waals surface area contributed by atoms with Gasteiger partial charge in [0.25, 0.3) is 0 Å². The summed E-state index contributed by atoms with van der Waals surface area (Å²) in [5, 5.41) is 0. The van der Waals surface area contributed by atoms with E-state index in [0.29, 0.717) is 0 Å². The zero-order valence-corrected chi connectivity index (χ0v) is 5.20. The Morgan fingerprint density at radius 1 is 1.75 bits per heavy atom. The van der Waals surface area contributed by atoms with E-state index >= 15 is 0 Å². The van der Waals surface area contributed by atoms with Crippen LogP contribution in [0.4, 0.5) is 0 Å². The molecule has 1 radical (unpaired) electrons. The third kappa shape index (κ3) is 11.8. The molecule has 0 atom stereocenters. The Bertz CT molecular complexity index is 6.00. The normalized spacial score (nSPS) is 4.50. The standard InChI is InChI=1S/CH5N2.Y/c2-1-3;/h2H,1,3H2;/q-1;. The summed E-state index contributed by atoms with van der Waals surface area (Å²) in [6.45, 7) is 0. The Labute approximate surface area is 50.8 Å². The maximum absolute atomic E-state index is 5.99. The molecule has 0 aliphatic heterocycles. The van der Waals surface area contributed by atoms with Gasteiger partial charge in [0.15, 0.2) is 0 Å². The molecule has 0 bridgehead atoms. The van der Waals surface area contributed by atoms with Crippen LogP contribution in [0.2, 0.25) is 0 Å². The van der Waals surface area contributed by atoms with Crippen LogP contribution in [-0.2, 0) is 32.7 Å². The SMILES string of the molecule is [NH-]CN.[Y]. The molecule has 0 fully saturated rings. The molecule has 3 heteroatoms. The van der Waals surface area contributed by atoms with Gasteiger partial charge in [0.05, 0.1) is 0 Å². The Kier molecular flexibility index (Phi) is 20.0. The molecule has 4 heavy (non-hydrogen) atoms. The largest absolute Gasteiger partial charge is 0.665 e. The van der Waals surface area contributed by atoms with Gasteiger partial charge in [-0.25, -0.2) is 0 Å². The molecule has 3 N–H and O–H groups in total. The van der Waals surface area contributed by atoms with Crippen molar-refractivity contribution in [2.24, 2.45) is 5.73 Å². The summed E-state index contributed by atoms with van der Waals surface area (Å²) < 4.78 is 0. The summed E-state index contributed by atoms with van der Waals surface area (Å²) in [6, 6.07) is 0. The van der Waals surface area contributed by atoms with Gasteiger partial charge in [-0.2, -0.15) is 0 Å². The van der Waals surface area contributed by atoms with Crippen LogP contribution in [0.3, 0.4) is 0 Å². The summed E-state index contributed by atoms with van der Waals surface area (Å²) in [6.07, 6.45) is 0. The second kappa shape index (κ2) is 8.98. The molecule has 0 rings (SSSR count). The smallest absolute Gasteiger partial charge is 0 e. The summed E-state index contributed by atoms with van der Waals surface area (Å²) in [7, 11) is 0. The minimum Gasteiger partial charge on any atom is -0.665 e. The van der Waals surface area contributed by atoms with Crippen molar-refractivity contribution in [1.29, 1.82) is 0 Å².